The van der Waals surface area contributed by atoms with Gasteiger partial charge in [0.25, 0.3) is 0 Å². The first-order chi connectivity index (χ1) is 11.0. The van der Waals surface area contributed by atoms with Gasteiger partial charge in [-0.15, -0.1) is 6.58 Å². The Hall–Kier alpha value is -2.34. The summed E-state index contributed by atoms with van der Waals surface area (Å²) in [6.07, 6.45) is 1.14. The molecule has 0 aliphatic carbocycles. The fourth-order valence-electron chi connectivity index (χ4n) is 2.72. The quantitative estimate of drug-likeness (QED) is 0.750. The van der Waals surface area contributed by atoms with Gasteiger partial charge in [-0.3, -0.25) is 9.69 Å². The molecule has 0 saturated carbocycles. The van der Waals surface area contributed by atoms with Crippen LogP contribution in [0.15, 0.2) is 36.9 Å². The average Bonchev–Trinajstić information content (AvgIpc) is 2.97. The first-order valence-electron chi connectivity index (χ1n) is 7.40. The Balaban J connectivity index is 2.30. The molecule has 2 amide bonds. The number of methoxy groups -OCH3 is 1. The van der Waals surface area contributed by atoms with E-state index in [1.807, 2.05) is 38.4 Å². The number of nitrogens with zero attached hydrogens (tertiary/aromatic N) is 2. The minimum atomic E-state index is -0.584. The number of carbonyl (C=O) groups excluding carboxylic acids is 2. The summed E-state index contributed by atoms with van der Waals surface area (Å²) < 4.78 is 10.0. The van der Waals surface area contributed by atoms with Crippen molar-refractivity contribution in [2.75, 3.05) is 34.4 Å². The van der Waals surface area contributed by atoms with Gasteiger partial charge < -0.3 is 9.47 Å². The Bertz CT molecular complexity index is 583. The lowest BCUT2D eigenvalue weighted by atomic mass is 9.89. The van der Waals surface area contributed by atoms with Gasteiger partial charge >= 0.3 is 6.09 Å². The van der Waals surface area contributed by atoms with Crippen LogP contribution in [-0.4, -0.2) is 62.2 Å². The molecule has 1 fully saturated rings. The molecule has 0 unspecified atom stereocenters. The van der Waals surface area contributed by atoms with Crippen molar-refractivity contribution in [3.8, 4) is 5.75 Å². The maximum absolute atomic E-state index is 12.8. The van der Waals surface area contributed by atoms with Gasteiger partial charge in [-0.05, 0) is 31.8 Å². The van der Waals surface area contributed by atoms with Crippen LogP contribution in [0.4, 0.5) is 4.79 Å². The lowest BCUT2D eigenvalue weighted by molar-refractivity contribution is -0.132. The Morgan fingerprint density at radius 1 is 1.39 bits per heavy atom. The summed E-state index contributed by atoms with van der Waals surface area (Å²) in [5.41, 5.74) is 0.931. The fourth-order valence-corrected chi connectivity index (χ4v) is 2.72. The van der Waals surface area contributed by atoms with Crippen LogP contribution in [0.25, 0.3) is 0 Å². The minimum Gasteiger partial charge on any atom is -0.497 e. The highest BCUT2D eigenvalue weighted by atomic mass is 16.6. The lowest BCUT2D eigenvalue weighted by Gasteiger charge is -2.31. The molecule has 6 heteroatoms. The number of carbonyl (C=O) groups is 2. The summed E-state index contributed by atoms with van der Waals surface area (Å²) in [7, 11) is 5.22. The van der Waals surface area contributed by atoms with Crippen LogP contribution in [0, 0.1) is 0 Å². The molecule has 124 valence electrons. The van der Waals surface area contributed by atoms with E-state index in [0.717, 1.165) is 16.2 Å². The minimum absolute atomic E-state index is 0.242. The third-order valence-electron chi connectivity index (χ3n) is 3.93. The predicted octanol–water partition coefficient (Wildman–Crippen LogP) is 1.87. The third-order valence-corrected chi connectivity index (χ3v) is 3.93. The molecule has 0 aromatic heterocycles. The molecule has 0 N–H and O–H groups in total. The molecule has 0 bridgehead atoms. The molecule has 1 aromatic carbocycles. The SMILES string of the molecule is C=C[C@@H](c1ccc(OC)cc1)[C@@H](C(=O)N1CCOC1=O)N(C)C. The van der Waals surface area contributed by atoms with Gasteiger partial charge in [-0.1, -0.05) is 18.2 Å². The highest BCUT2D eigenvalue weighted by molar-refractivity contribution is 5.96. The largest absolute Gasteiger partial charge is 0.497 e. The van der Waals surface area contributed by atoms with Gasteiger partial charge in [0.05, 0.1) is 19.7 Å². The van der Waals surface area contributed by atoms with Gasteiger partial charge in [-0.2, -0.15) is 0 Å². The van der Waals surface area contributed by atoms with Crippen molar-refractivity contribution in [1.29, 1.82) is 0 Å². The molecule has 1 aliphatic heterocycles. The lowest BCUT2D eigenvalue weighted by Crippen LogP contribution is -2.49. The number of cyclic esters (lactones) is 1. The van der Waals surface area contributed by atoms with E-state index in [0.29, 0.717) is 0 Å². The maximum Gasteiger partial charge on any atom is 0.416 e. The molecule has 6 nitrogen and oxygen atoms in total. The first-order valence-corrected chi connectivity index (χ1v) is 7.40. The molecule has 23 heavy (non-hydrogen) atoms. The highest BCUT2D eigenvalue weighted by Crippen LogP contribution is 2.27. The van der Waals surface area contributed by atoms with Crippen LogP contribution in [0.1, 0.15) is 11.5 Å². The van der Waals surface area contributed by atoms with Crippen molar-refractivity contribution in [3.05, 3.63) is 42.5 Å². The van der Waals surface area contributed by atoms with E-state index in [1.54, 1.807) is 18.1 Å². The molecule has 1 aromatic rings. The zero-order chi connectivity index (χ0) is 17.0. The molecule has 1 heterocycles. The van der Waals surface area contributed by atoms with Crippen molar-refractivity contribution >= 4 is 12.0 Å². The molecular formula is C17H22N2O4. The van der Waals surface area contributed by atoms with E-state index < -0.39 is 12.1 Å². The maximum atomic E-state index is 12.8. The summed E-state index contributed by atoms with van der Waals surface area (Å²) in [5, 5.41) is 0. The second-order valence-electron chi connectivity index (χ2n) is 5.55. The zero-order valence-electron chi connectivity index (χ0n) is 13.7. The van der Waals surface area contributed by atoms with Crippen molar-refractivity contribution in [2.45, 2.75) is 12.0 Å². The number of hydrogen-bond donors (Lipinski definition) is 0. The number of hydrogen-bond acceptors (Lipinski definition) is 5. The summed E-state index contributed by atoms with van der Waals surface area (Å²) >= 11 is 0. The fraction of sp³-hybridized carbons (Fsp3) is 0.412. The number of rotatable bonds is 6. The molecule has 2 atom stereocenters. The zero-order valence-corrected chi connectivity index (χ0v) is 13.7. The van der Waals surface area contributed by atoms with E-state index >= 15 is 0 Å². The van der Waals surface area contributed by atoms with Gasteiger partial charge in [0.1, 0.15) is 12.4 Å². The molecular weight excluding hydrogens is 296 g/mol. The summed E-state index contributed by atoms with van der Waals surface area (Å²) in [6.45, 7) is 4.39. The van der Waals surface area contributed by atoms with Crippen molar-refractivity contribution < 1.29 is 19.1 Å². The van der Waals surface area contributed by atoms with Gasteiger partial charge in [-0.25, -0.2) is 9.69 Å². The van der Waals surface area contributed by atoms with Crippen molar-refractivity contribution in [1.82, 2.24) is 9.80 Å². The topological polar surface area (TPSA) is 59.1 Å². The molecule has 2 rings (SSSR count). The van der Waals surface area contributed by atoms with Crippen molar-refractivity contribution in [2.24, 2.45) is 0 Å². The Morgan fingerprint density at radius 3 is 2.48 bits per heavy atom. The molecule has 1 saturated heterocycles. The molecule has 0 spiro atoms. The monoisotopic (exact) mass is 318 g/mol. The molecule has 1 aliphatic rings. The molecule has 0 radical (unpaired) electrons. The Morgan fingerprint density at radius 2 is 2.04 bits per heavy atom. The van der Waals surface area contributed by atoms with Crippen LogP contribution >= 0.6 is 0 Å². The Kier molecular flexibility index (Phi) is 5.39. The van der Waals surface area contributed by atoms with E-state index in [4.69, 9.17) is 9.47 Å². The Labute approximate surface area is 136 Å². The summed E-state index contributed by atoms with van der Waals surface area (Å²) in [5.74, 6) is 0.211. The summed E-state index contributed by atoms with van der Waals surface area (Å²) in [6, 6.07) is 6.95. The number of imide groups is 1. The summed E-state index contributed by atoms with van der Waals surface area (Å²) in [4.78, 5) is 27.5. The average molecular weight is 318 g/mol. The predicted molar refractivity (Wildman–Crippen MR) is 86.5 cm³/mol. The van der Waals surface area contributed by atoms with E-state index in [9.17, 15) is 9.59 Å². The number of likely N-dealkylation sites (N-methyl/N-ethyl adjacent to an activating group) is 1. The van der Waals surface area contributed by atoms with Gasteiger partial charge in [0.2, 0.25) is 5.91 Å². The first kappa shape index (κ1) is 17.0. The third kappa shape index (κ3) is 3.53. The van der Waals surface area contributed by atoms with E-state index in [-0.39, 0.29) is 25.0 Å². The standard InChI is InChI=1S/C17H22N2O4/c1-5-14(12-6-8-13(22-4)9-7-12)15(18(2)3)16(20)19-10-11-23-17(19)21/h5-9,14-15H,1,10-11H2,2-4H3/t14-,15-/m0/s1. The van der Waals surface area contributed by atoms with Crippen LogP contribution in [0.2, 0.25) is 0 Å². The normalized spacial score (nSPS) is 16.9. The van der Waals surface area contributed by atoms with Crippen LogP contribution in [-0.2, 0) is 9.53 Å². The van der Waals surface area contributed by atoms with Crippen LogP contribution < -0.4 is 4.74 Å². The van der Waals surface area contributed by atoms with E-state index in [1.165, 1.54) is 0 Å². The van der Waals surface area contributed by atoms with Crippen LogP contribution in [0.5, 0.6) is 5.75 Å². The second-order valence-corrected chi connectivity index (χ2v) is 5.55. The van der Waals surface area contributed by atoms with Gasteiger partial charge in [0.15, 0.2) is 0 Å². The number of benzene rings is 1. The van der Waals surface area contributed by atoms with Crippen molar-refractivity contribution in [3.63, 3.8) is 0 Å². The van der Waals surface area contributed by atoms with Gasteiger partial charge in [0, 0.05) is 5.92 Å². The number of ether oxygens (including phenoxy) is 2. The smallest absolute Gasteiger partial charge is 0.416 e. The second kappa shape index (κ2) is 7.28. The van der Waals surface area contributed by atoms with Crippen LogP contribution in [0.3, 0.4) is 0 Å². The van der Waals surface area contributed by atoms with E-state index in [2.05, 4.69) is 6.58 Å². The highest BCUT2D eigenvalue weighted by Gasteiger charge is 2.38. The number of amides is 2.